The predicted octanol–water partition coefficient (Wildman–Crippen LogP) is 6.57. The largest absolute Gasteiger partial charge is 0.354 e. The Balaban J connectivity index is 1.86. The molecule has 0 aliphatic rings. The lowest BCUT2D eigenvalue weighted by atomic mass is 10.0. The van der Waals surface area contributed by atoms with Crippen LogP contribution in [0.5, 0.6) is 0 Å². The van der Waals surface area contributed by atoms with Gasteiger partial charge in [0.15, 0.2) is 10.9 Å². The minimum atomic E-state index is -0.00937. The van der Waals surface area contributed by atoms with Crippen LogP contribution in [0.2, 0.25) is 0 Å². The first-order valence-corrected chi connectivity index (χ1v) is 12.8. The van der Waals surface area contributed by atoms with Crippen LogP contribution in [0.15, 0.2) is 70.3 Å². The highest BCUT2D eigenvalue weighted by molar-refractivity contribution is 6.03. The molecule has 2 aromatic heterocycles. The van der Waals surface area contributed by atoms with Crippen LogP contribution in [0.1, 0.15) is 52.6 Å². The lowest BCUT2D eigenvalue weighted by molar-refractivity contribution is 0.156. The van der Waals surface area contributed by atoms with E-state index in [1.807, 2.05) is 60.7 Å². The number of hydrogen-bond acceptors (Lipinski definition) is 3. The number of benzene rings is 3. The number of nitrogens with zero attached hydrogens (tertiary/aromatic N) is 2. The van der Waals surface area contributed by atoms with Crippen molar-refractivity contribution in [3.63, 3.8) is 0 Å². The van der Waals surface area contributed by atoms with E-state index in [0.29, 0.717) is 27.1 Å². The normalized spacial score (nSPS) is 12.9. The molecule has 0 aliphatic carbocycles. The van der Waals surface area contributed by atoms with Gasteiger partial charge < -0.3 is 9.55 Å². The number of para-hydroxylation sites is 2. The minimum absolute atomic E-state index is 0.00336. The van der Waals surface area contributed by atoms with E-state index in [2.05, 4.69) is 35.2 Å². The van der Waals surface area contributed by atoms with E-state index >= 15 is 0 Å². The van der Waals surface area contributed by atoms with Crippen molar-refractivity contribution in [3.05, 3.63) is 81.1 Å². The van der Waals surface area contributed by atoms with Crippen molar-refractivity contribution in [2.75, 3.05) is 13.1 Å². The first-order valence-electron chi connectivity index (χ1n) is 12.8. The van der Waals surface area contributed by atoms with Gasteiger partial charge in [-0.05, 0) is 56.2 Å². The van der Waals surface area contributed by atoms with E-state index in [1.54, 1.807) is 0 Å². The second kappa shape index (κ2) is 9.67. The van der Waals surface area contributed by atoms with Gasteiger partial charge in [-0.15, -0.1) is 0 Å². The Morgan fingerprint density at radius 1 is 0.743 bits per heavy atom. The van der Waals surface area contributed by atoms with Crippen LogP contribution in [0.3, 0.4) is 0 Å². The molecule has 0 fully saturated rings. The average Bonchev–Trinajstić information content (AvgIpc) is 2.88. The van der Waals surface area contributed by atoms with Gasteiger partial charge >= 0.3 is 0 Å². The molecule has 1 atom stereocenters. The fraction of sp³-hybridized carbons (Fsp3) is 0.333. The molecule has 0 bridgehead atoms. The highest BCUT2D eigenvalue weighted by Gasteiger charge is 2.21. The Morgan fingerprint density at radius 2 is 1.37 bits per heavy atom. The lowest BCUT2D eigenvalue weighted by Crippen LogP contribution is -2.33. The standard InChI is InChI=1S/C30H33N3O2/c1-4-6-16-32(17-7-5-2)20(3)33-27-15-11-9-13-22(27)30(35)24-18-26-23(19-28(24)33)29(34)21-12-8-10-14-25(21)31-26/h8-15,18-20H,4-7,16-17H2,1-3H3,(H,31,34). The molecule has 0 spiro atoms. The summed E-state index contributed by atoms with van der Waals surface area (Å²) < 4.78 is 2.27. The maximum atomic E-state index is 13.6. The van der Waals surface area contributed by atoms with Crippen molar-refractivity contribution in [1.82, 2.24) is 14.5 Å². The van der Waals surface area contributed by atoms with E-state index < -0.39 is 0 Å². The van der Waals surface area contributed by atoms with Gasteiger partial charge in [0.1, 0.15) is 0 Å². The summed E-state index contributed by atoms with van der Waals surface area (Å²) in [5.74, 6) is 0. The summed E-state index contributed by atoms with van der Waals surface area (Å²) in [4.78, 5) is 33.0. The molecule has 2 heterocycles. The molecule has 5 rings (SSSR count). The molecule has 35 heavy (non-hydrogen) atoms. The molecule has 5 aromatic rings. The Kier molecular flexibility index (Phi) is 6.44. The summed E-state index contributed by atoms with van der Waals surface area (Å²) in [6, 6.07) is 19.2. The molecule has 5 heteroatoms. The highest BCUT2D eigenvalue weighted by atomic mass is 16.1. The van der Waals surface area contributed by atoms with Crippen LogP contribution in [0.4, 0.5) is 0 Å². The quantitative estimate of drug-likeness (QED) is 0.263. The van der Waals surface area contributed by atoms with Crippen LogP contribution in [0.25, 0.3) is 43.6 Å². The molecule has 180 valence electrons. The molecular formula is C30H33N3O2. The van der Waals surface area contributed by atoms with Crippen molar-refractivity contribution in [3.8, 4) is 0 Å². The third-order valence-corrected chi connectivity index (χ3v) is 7.23. The molecule has 0 aliphatic heterocycles. The number of unbranched alkanes of at least 4 members (excludes halogenated alkanes) is 2. The first kappa shape index (κ1) is 23.3. The van der Waals surface area contributed by atoms with Gasteiger partial charge in [0.25, 0.3) is 0 Å². The molecule has 0 amide bonds. The highest BCUT2D eigenvalue weighted by Crippen LogP contribution is 2.29. The zero-order valence-corrected chi connectivity index (χ0v) is 20.8. The number of rotatable bonds is 8. The third kappa shape index (κ3) is 4.04. The van der Waals surface area contributed by atoms with Crippen molar-refractivity contribution in [2.45, 2.75) is 52.6 Å². The van der Waals surface area contributed by atoms with Gasteiger partial charge in [-0.3, -0.25) is 14.5 Å². The summed E-state index contributed by atoms with van der Waals surface area (Å²) >= 11 is 0. The smallest absolute Gasteiger partial charge is 0.197 e. The van der Waals surface area contributed by atoms with Crippen LogP contribution in [-0.4, -0.2) is 27.5 Å². The average molecular weight is 468 g/mol. The zero-order valence-electron chi connectivity index (χ0n) is 20.8. The number of H-pyrrole nitrogens is 1. The number of nitrogens with one attached hydrogen (secondary N) is 1. The first-order chi connectivity index (χ1) is 17.0. The number of aromatic amines is 1. The van der Waals surface area contributed by atoms with Crippen molar-refractivity contribution in [1.29, 1.82) is 0 Å². The van der Waals surface area contributed by atoms with Gasteiger partial charge in [-0.1, -0.05) is 51.0 Å². The molecule has 1 N–H and O–H groups in total. The summed E-state index contributed by atoms with van der Waals surface area (Å²) in [7, 11) is 0. The van der Waals surface area contributed by atoms with Gasteiger partial charge in [-0.25, -0.2) is 0 Å². The summed E-state index contributed by atoms with van der Waals surface area (Å²) in [6.07, 6.45) is 4.55. The van der Waals surface area contributed by atoms with E-state index in [0.717, 1.165) is 55.3 Å². The number of hydrogen-bond donors (Lipinski definition) is 1. The fourth-order valence-electron chi connectivity index (χ4n) is 5.27. The molecule has 0 saturated carbocycles. The topological polar surface area (TPSA) is 58.1 Å². The molecule has 3 aromatic carbocycles. The maximum Gasteiger partial charge on any atom is 0.197 e. The SMILES string of the molecule is CCCCN(CCCC)C(C)n1c2ccccc2c(=O)c2cc3[nH]c4ccccc4c(=O)c3cc21. The van der Waals surface area contributed by atoms with Gasteiger partial charge in [0.2, 0.25) is 0 Å². The van der Waals surface area contributed by atoms with E-state index in [1.165, 1.54) is 0 Å². The van der Waals surface area contributed by atoms with Gasteiger partial charge in [0.05, 0.1) is 22.7 Å². The minimum Gasteiger partial charge on any atom is -0.354 e. The summed E-state index contributed by atoms with van der Waals surface area (Å²) in [5.41, 5.74) is 3.19. The summed E-state index contributed by atoms with van der Waals surface area (Å²) in [5, 5.41) is 2.62. The van der Waals surface area contributed by atoms with E-state index in [9.17, 15) is 9.59 Å². The van der Waals surface area contributed by atoms with Crippen LogP contribution in [-0.2, 0) is 0 Å². The Morgan fingerprint density at radius 3 is 2.09 bits per heavy atom. The molecule has 1 unspecified atom stereocenters. The third-order valence-electron chi connectivity index (χ3n) is 7.23. The fourth-order valence-corrected chi connectivity index (χ4v) is 5.27. The Labute approximate surface area is 205 Å². The lowest BCUT2D eigenvalue weighted by Gasteiger charge is -2.33. The second-order valence-corrected chi connectivity index (χ2v) is 9.51. The molecule has 0 radical (unpaired) electrons. The number of pyridine rings is 2. The van der Waals surface area contributed by atoms with Crippen LogP contribution >= 0.6 is 0 Å². The second-order valence-electron chi connectivity index (χ2n) is 9.51. The summed E-state index contributed by atoms with van der Waals surface area (Å²) in [6.45, 7) is 8.65. The van der Waals surface area contributed by atoms with Gasteiger partial charge in [-0.2, -0.15) is 0 Å². The van der Waals surface area contributed by atoms with Crippen molar-refractivity contribution >= 4 is 43.6 Å². The monoisotopic (exact) mass is 467 g/mol. The van der Waals surface area contributed by atoms with Crippen molar-refractivity contribution < 1.29 is 0 Å². The Hall–Kier alpha value is -3.44. The molecule has 0 saturated heterocycles. The van der Waals surface area contributed by atoms with Gasteiger partial charge in [0, 0.05) is 40.2 Å². The Bertz CT molecular complexity index is 1640. The molecular weight excluding hydrogens is 434 g/mol. The van der Waals surface area contributed by atoms with Crippen molar-refractivity contribution in [2.24, 2.45) is 0 Å². The van der Waals surface area contributed by atoms with Crippen LogP contribution < -0.4 is 10.9 Å². The van der Waals surface area contributed by atoms with Crippen LogP contribution in [0, 0.1) is 0 Å². The molecule has 5 nitrogen and oxygen atoms in total. The van der Waals surface area contributed by atoms with E-state index in [-0.39, 0.29) is 17.0 Å². The van der Waals surface area contributed by atoms with E-state index in [4.69, 9.17) is 0 Å². The number of aromatic nitrogens is 2. The maximum absolute atomic E-state index is 13.6. The predicted molar refractivity (Wildman–Crippen MR) is 147 cm³/mol. The zero-order chi connectivity index (χ0) is 24.5. The number of fused-ring (bicyclic) bond motifs is 4.